The van der Waals surface area contributed by atoms with Crippen molar-refractivity contribution in [2.45, 2.75) is 157 Å². The lowest BCUT2D eigenvalue weighted by Gasteiger charge is -2.43. The largest absolute Gasteiger partial charge is 0.444 e. The van der Waals surface area contributed by atoms with Crippen molar-refractivity contribution in [1.82, 2.24) is 16.0 Å². The molecule has 3 saturated carbocycles. The number of aliphatic imine (C=N–C) groups is 1. The number of hydrogen-bond acceptors (Lipinski definition) is 13. The van der Waals surface area contributed by atoms with Crippen molar-refractivity contribution in [3.05, 3.63) is 181 Å². The molecule has 21 nitrogen and oxygen atoms in total. The van der Waals surface area contributed by atoms with Crippen LogP contribution in [0.5, 0.6) is 0 Å². The van der Waals surface area contributed by atoms with Gasteiger partial charge in [0.05, 0.1) is 17.9 Å². The molecule has 0 radical (unpaired) electrons. The first kappa shape index (κ1) is 84.9. The quantitative estimate of drug-likeness (QED) is 0.0114. The number of urea groups is 3. The predicted molar refractivity (Wildman–Crippen MR) is 418 cm³/mol. The molecule has 13 N–H and O–H groups in total. The van der Waals surface area contributed by atoms with E-state index in [1.165, 1.54) is 61.4 Å². The Labute approximate surface area is 613 Å². The molecular formula is C79H108Cl2N12O9. The number of nitrogens with two attached hydrogens (primary N) is 2. The molecule has 6 aromatic rings. The fourth-order valence-corrected chi connectivity index (χ4v) is 11.8. The van der Waals surface area contributed by atoms with Gasteiger partial charge in [0.15, 0.2) is 0 Å². The number of fused-ring (bicyclic) bond motifs is 9. The van der Waals surface area contributed by atoms with Crippen molar-refractivity contribution in [2.24, 2.45) is 34.6 Å². The van der Waals surface area contributed by atoms with Crippen molar-refractivity contribution in [2.75, 3.05) is 74.9 Å². The minimum Gasteiger partial charge on any atom is -0.444 e. The van der Waals surface area contributed by atoms with E-state index >= 15 is 0 Å². The summed E-state index contributed by atoms with van der Waals surface area (Å²) in [7, 11) is 0. The molecule has 6 aromatic carbocycles. The minimum atomic E-state index is -0.539. The van der Waals surface area contributed by atoms with Gasteiger partial charge in [-0.1, -0.05) is 101 Å². The van der Waals surface area contributed by atoms with Crippen molar-refractivity contribution >= 4 is 111 Å². The highest BCUT2D eigenvalue weighted by atomic mass is 35.5. The maximum absolute atomic E-state index is 12.1. The number of allylic oxidation sites excluding steroid dienone is 2. The van der Waals surface area contributed by atoms with Crippen molar-refractivity contribution in [1.29, 1.82) is 0 Å². The lowest BCUT2D eigenvalue weighted by molar-refractivity contribution is 0.0624. The van der Waals surface area contributed by atoms with Gasteiger partial charge in [0.25, 0.3) is 0 Å². The van der Waals surface area contributed by atoms with Crippen LogP contribution < -0.4 is 59.3 Å². The molecule has 1 heterocycles. The van der Waals surface area contributed by atoms with Crippen molar-refractivity contribution < 1.29 is 43.0 Å². The maximum Gasteiger partial charge on any atom is 0.412 e. The second-order valence-electron chi connectivity index (χ2n) is 26.8. The monoisotopic (exact) mass is 1440 g/mol. The van der Waals surface area contributed by atoms with Crippen LogP contribution in [0.1, 0.15) is 167 Å². The molecule has 11 rings (SSSR count). The van der Waals surface area contributed by atoms with Gasteiger partial charge in [0, 0.05) is 70.7 Å². The lowest BCUT2D eigenvalue weighted by Crippen LogP contribution is -2.35. The Morgan fingerprint density at radius 2 is 0.941 bits per heavy atom. The number of carbonyl (C=O) groups is 6. The van der Waals surface area contributed by atoms with Gasteiger partial charge in [-0.2, -0.15) is 0 Å². The summed E-state index contributed by atoms with van der Waals surface area (Å²) >= 11 is 9.53. The predicted octanol–water partition coefficient (Wildman–Crippen LogP) is 19.1. The Balaban J connectivity index is 0.000000266. The van der Waals surface area contributed by atoms with Crippen LogP contribution in [0.2, 0.25) is 0 Å². The highest BCUT2D eigenvalue weighted by Gasteiger charge is 2.54. The lowest BCUT2D eigenvalue weighted by atomic mass is 9.68. The summed E-state index contributed by atoms with van der Waals surface area (Å²) in [6.07, 6.45) is 18.2. The minimum absolute atomic E-state index is 0.114. The van der Waals surface area contributed by atoms with E-state index in [9.17, 15) is 33.6 Å². The zero-order chi connectivity index (χ0) is 74.9. The summed E-state index contributed by atoms with van der Waals surface area (Å²) in [4.78, 5) is 80.3. The molecule has 0 aromatic heterocycles. The number of halogens is 2. The molecule has 5 aliphatic rings. The van der Waals surface area contributed by atoms with E-state index in [1.54, 1.807) is 106 Å². The number of aldehydes is 1. The molecule has 4 aliphatic carbocycles. The first-order chi connectivity index (χ1) is 48.8. The van der Waals surface area contributed by atoms with Crippen LogP contribution in [-0.2, 0) is 14.3 Å². The molecule has 8 amide bonds. The molecule has 7 atom stereocenters. The van der Waals surface area contributed by atoms with Gasteiger partial charge in [-0.25, -0.2) is 33.8 Å². The Morgan fingerprint density at radius 3 is 1.30 bits per heavy atom. The summed E-state index contributed by atoms with van der Waals surface area (Å²) in [5.41, 5.74) is 19.7. The van der Waals surface area contributed by atoms with Crippen LogP contribution in [0, 0.1) is 29.6 Å². The Morgan fingerprint density at radius 1 is 0.539 bits per heavy atom. The number of nitrogens with zero attached hydrogens (tertiary/aromatic N) is 1. The number of anilines is 8. The van der Waals surface area contributed by atoms with Crippen LogP contribution in [0.15, 0.2) is 169 Å². The second-order valence-corrected chi connectivity index (χ2v) is 27.6. The van der Waals surface area contributed by atoms with Gasteiger partial charge in [0.1, 0.15) is 17.5 Å². The van der Waals surface area contributed by atoms with E-state index in [4.69, 9.17) is 44.1 Å². The van der Waals surface area contributed by atoms with Crippen LogP contribution in [0.25, 0.3) is 0 Å². The standard InChI is InChI=1S/C24H29N3O.C15H23N3O3.C11H16N2O2.C10H15N3O.C7H6O.C7H10.C4H7NO.CH2Cl2/c1-2-12-25-24(28)26-18-10-11-20-19(14-18)21-16-8-9-17(13-16)22(21)23(27-20)15-6-4-3-5-7-15;1-5-10-16-13(19)17-11-6-8-12(9-7-11)18-14(20)21-15(2,3)4;1-11(2,3)15-10(14)13-9-6-4-8(12)5-7-9;1-2-7-12-10(14)13-9-5-3-8(11)4-6-9;8-6-7-4-2-1-3-5-7;1-2-7-4-3-6(1)5-7;1-2-3-5-4-6;2-1-3/h3-7,10-11,14,16-17,21-23,27H,2,8-9,12-13H2,1H3,(H2,25,26,28);6-9H,5,10H2,1-4H3,(H,18,20)(H2,16,17,19);4-7H,12H2,1-3H3,(H,13,14);3-6H,2,7,11H2,1H3,(H2,12,13,14);1-6H;1-2,6-7H,3-5H2;2-3H2,1H3;1H2. The third-order valence-corrected chi connectivity index (χ3v) is 16.1. The van der Waals surface area contributed by atoms with Gasteiger partial charge in [0.2, 0.25) is 6.08 Å². The number of rotatable bonds is 15. The van der Waals surface area contributed by atoms with Crippen LogP contribution in [0.3, 0.4) is 0 Å². The van der Waals surface area contributed by atoms with Gasteiger partial charge in [-0.05, 0) is 243 Å². The summed E-state index contributed by atoms with van der Waals surface area (Å²) in [6, 6.07) is 47.0. The summed E-state index contributed by atoms with van der Waals surface area (Å²) < 4.78 is 10.2. The summed E-state index contributed by atoms with van der Waals surface area (Å²) in [5, 5.41) is 26.0. The number of carbonyl (C=O) groups excluding carboxylic acids is 7. The average molecular weight is 1440 g/mol. The first-order valence-corrected chi connectivity index (χ1v) is 36.2. The number of ether oxygens (including phenoxy) is 2. The Hall–Kier alpha value is -9.56. The van der Waals surface area contributed by atoms with E-state index < -0.39 is 23.4 Å². The molecule has 3 fully saturated rings. The molecule has 102 heavy (non-hydrogen) atoms. The number of nitrogen functional groups attached to an aromatic ring is 2. The summed E-state index contributed by atoms with van der Waals surface area (Å²) in [6.45, 7) is 21.5. The fraction of sp³-hybridized carbons (Fsp3) is 0.430. The van der Waals surface area contributed by atoms with E-state index in [-0.39, 0.29) is 23.4 Å². The zero-order valence-corrected chi connectivity index (χ0v) is 62.4. The van der Waals surface area contributed by atoms with E-state index in [1.807, 2.05) is 65.8 Å². The van der Waals surface area contributed by atoms with Crippen molar-refractivity contribution in [3.63, 3.8) is 0 Å². The number of isocyanates is 1. The number of benzene rings is 6. The van der Waals surface area contributed by atoms with E-state index in [0.29, 0.717) is 72.5 Å². The van der Waals surface area contributed by atoms with E-state index in [2.05, 4.69) is 114 Å². The summed E-state index contributed by atoms with van der Waals surface area (Å²) in [5.74, 6) is 4.82. The first-order valence-electron chi connectivity index (χ1n) is 35.1. The maximum atomic E-state index is 12.1. The van der Waals surface area contributed by atoms with Crippen LogP contribution in [-0.4, -0.2) is 85.4 Å². The smallest absolute Gasteiger partial charge is 0.412 e. The third-order valence-electron chi connectivity index (χ3n) is 16.1. The molecule has 23 heteroatoms. The molecular weight excluding hydrogens is 1330 g/mol. The number of alkyl halides is 2. The van der Waals surface area contributed by atoms with Gasteiger partial charge in [-0.15, -0.1) is 23.2 Å². The number of nitrogens with one attached hydrogen (secondary N) is 9. The average Bonchev–Trinajstić information content (AvgIpc) is 1.55. The van der Waals surface area contributed by atoms with Crippen molar-refractivity contribution in [3.8, 4) is 0 Å². The molecule has 1 aliphatic heterocycles. The fourth-order valence-electron chi connectivity index (χ4n) is 11.8. The molecule has 552 valence electrons. The SMILES string of the molecule is C1=CC2CCC1C2.CC(C)(C)OC(=O)Nc1ccc(N)cc1.CCCN=C=O.CCCNC(=O)Nc1ccc(N)cc1.CCCNC(=O)Nc1ccc(NC(=O)OC(C)(C)C)cc1.CCCNC(=O)Nc1ccc2c(c1)C1C3CCC(C3)C1C(c1ccccc1)N2.ClCCl.O=Cc1ccccc1. The van der Waals surface area contributed by atoms with Gasteiger partial charge >= 0.3 is 30.3 Å². The van der Waals surface area contributed by atoms with Gasteiger partial charge in [-0.3, -0.25) is 15.4 Å². The normalized spacial score (nSPS) is 17.6. The number of hydrogen-bond donors (Lipinski definition) is 11. The van der Waals surface area contributed by atoms with Crippen LogP contribution >= 0.6 is 23.2 Å². The molecule has 0 spiro atoms. The third kappa shape index (κ3) is 33.3. The molecule has 0 saturated heterocycles. The molecule has 4 bridgehead atoms. The highest BCUT2D eigenvalue weighted by Crippen LogP contribution is 2.64. The topological polar surface area (TPSA) is 311 Å². The van der Waals surface area contributed by atoms with Crippen LogP contribution in [0.4, 0.5) is 69.5 Å². The number of amides is 8. The Bertz CT molecular complexity index is 3520. The highest BCUT2D eigenvalue weighted by molar-refractivity contribution is 6.40. The Kier molecular flexibility index (Phi) is 38.3. The van der Waals surface area contributed by atoms with E-state index in [0.717, 1.165) is 72.6 Å². The molecule has 7 unspecified atom stereocenters. The van der Waals surface area contributed by atoms with Gasteiger partial charge < -0.3 is 58.2 Å². The zero-order valence-electron chi connectivity index (χ0n) is 60.8. The second kappa shape index (κ2) is 46.1.